The van der Waals surface area contributed by atoms with Gasteiger partial charge in [0.2, 0.25) is 12.7 Å². The molecule has 0 aromatic heterocycles. The van der Waals surface area contributed by atoms with Gasteiger partial charge in [0.05, 0.1) is 5.41 Å². The molecule has 0 aliphatic carbocycles. The first-order valence-electron chi connectivity index (χ1n) is 7.81. The number of hydrogen-bond acceptors (Lipinski definition) is 5. The van der Waals surface area contributed by atoms with Crippen molar-refractivity contribution in [3.63, 3.8) is 0 Å². The van der Waals surface area contributed by atoms with Crippen molar-refractivity contribution in [3.8, 4) is 17.2 Å². The van der Waals surface area contributed by atoms with Gasteiger partial charge >= 0.3 is 6.61 Å². The highest BCUT2D eigenvalue weighted by Gasteiger charge is 2.33. The maximum atomic E-state index is 12.6. The van der Waals surface area contributed by atoms with E-state index in [9.17, 15) is 13.6 Å². The first kappa shape index (κ1) is 21.2. The maximum Gasteiger partial charge on any atom is 0.387 e. The molecule has 1 aliphatic rings. The number of alkyl halides is 2. The van der Waals surface area contributed by atoms with Crippen molar-refractivity contribution in [1.29, 1.82) is 0 Å². The van der Waals surface area contributed by atoms with Crippen LogP contribution in [0.15, 0.2) is 12.1 Å². The molecule has 0 unspecified atom stereocenters. The van der Waals surface area contributed by atoms with Crippen LogP contribution in [0, 0.1) is 5.41 Å². The number of carbonyl (C=O) groups is 1. The molecular formula is C16H23ClF2N2O4. The summed E-state index contributed by atoms with van der Waals surface area (Å²) in [5, 5.41) is 2.76. The predicted octanol–water partition coefficient (Wildman–Crippen LogP) is 2.82. The fraction of sp³-hybridized carbons (Fsp3) is 0.562. The van der Waals surface area contributed by atoms with Crippen LogP contribution >= 0.6 is 12.4 Å². The number of amides is 1. The molecule has 1 aliphatic heterocycles. The van der Waals surface area contributed by atoms with Crippen LogP contribution in [0.4, 0.5) is 8.78 Å². The molecule has 0 atom stereocenters. The number of nitrogens with one attached hydrogen (secondary N) is 1. The molecule has 0 spiro atoms. The van der Waals surface area contributed by atoms with Crippen molar-refractivity contribution in [1.82, 2.24) is 5.32 Å². The Balaban J connectivity index is 0.00000312. The maximum absolute atomic E-state index is 12.6. The molecular weight excluding hydrogens is 358 g/mol. The molecule has 0 fully saturated rings. The Morgan fingerprint density at radius 1 is 1.32 bits per heavy atom. The van der Waals surface area contributed by atoms with Crippen LogP contribution in [0.2, 0.25) is 0 Å². The molecule has 0 saturated carbocycles. The molecule has 1 heterocycles. The fourth-order valence-electron chi connectivity index (χ4n) is 2.62. The van der Waals surface area contributed by atoms with E-state index in [1.54, 1.807) is 0 Å². The lowest BCUT2D eigenvalue weighted by atomic mass is 9.81. The summed E-state index contributed by atoms with van der Waals surface area (Å²) in [6.07, 6.45) is 1.18. The van der Waals surface area contributed by atoms with E-state index >= 15 is 0 Å². The van der Waals surface area contributed by atoms with E-state index < -0.39 is 12.0 Å². The lowest BCUT2D eigenvalue weighted by Crippen LogP contribution is -2.45. The van der Waals surface area contributed by atoms with E-state index in [2.05, 4.69) is 10.1 Å². The zero-order chi connectivity index (χ0) is 17.7. The quantitative estimate of drug-likeness (QED) is 0.724. The highest BCUT2D eigenvalue weighted by atomic mass is 35.5. The van der Waals surface area contributed by atoms with Crippen molar-refractivity contribution in [3.05, 3.63) is 17.7 Å². The second kappa shape index (κ2) is 9.05. The minimum Gasteiger partial charge on any atom is -0.454 e. The summed E-state index contributed by atoms with van der Waals surface area (Å²) in [5.74, 6) is 0.493. The molecule has 0 saturated heterocycles. The molecule has 0 radical (unpaired) electrons. The van der Waals surface area contributed by atoms with Crippen molar-refractivity contribution in [2.75, 3.05) is 13.3 Å². The fourth-order valence-corrected chi connectivity index (χ4v) is 2.62. The Bertz CT molecular complexity index is 589. The van der Waals surface area contributed by atoms with E-state index in [1.165, 1.54) is 12.1 Å². The van der Waals surface area contributed by atoms with Crippen LogP contribution in [0.1, 0.15) is 32.3 Å². The summed E-state index contributed by atoms with van der Waals surface area (Å²) < 4.78 is 40.1. The third kappa shape index (κ3) is 4.64. The van der Waals surface area contributed by atoms with E-state index in [0.717, 1.165) is 0 Å². The summed E-state index contributed by atoms with van der Waals surface area (Å²) in [6.45, 7) is 1.06. The second-order valence-corrected chi connectivity index (χ2v) is 5.57. The molecule has 6 nitrogen and oxygen atoms in total. The van der Waals surface area contributed by atoms with Gasteiger partial charge in [-0.1, -0.05) is 13.8 Å². The zero-order valence-corrected chi connectivity index (χ0v) is 15.0. The van der Waals surface area contributed by atoms with Gasteiger partial charge in [0.1, 0.15) is 5.75 Å². The number of carbonyl (C=O) groups excluding carboxylic acids is 1. The Morgan fingerprint density at radius 2 is 1.92 bits per heavy atom. The standard InChI is InChI=1S/C16H22F2N2O4.ClH/c1-3-16(4-2,8-19)14(21)20-7-10-5-12-13(23-9-22-12)6-11(10)24-15(17)18;/h5-6,15H,3-4,7-9,19H2,1-2H3,(H,20,21);1H. The Hall–Kier alpha value is -1.80. The first-order chi connectivity index (χ1) is 11.5. The summed E-state index contributed by atoms with van der Waals surface area (Å²) >= 11 is 0. The number of rotatable bonds is 8. The highest BCUT2D eigenvalue weighted by Crippen LogP contribution is 2.38. The normalized spacial score (nSPS) is 12.7. The van der Waals surface area contributed by atoms with Gasteiger partial charge in [-0.25, -0.2) is 0 Å². The van der Waals surface area contributed by atoms with Gasteiger partial charge < -0.3 is 25.3 Å². The molecule has 0 bridgehead atoms. The lowest BCUT2D eigenvalue weighted by Gasteiger charge is -2.28. The predicted molar refractivity (Wildman–Crippen MR) is 90.4 cm³/mol. The number of nitrogens with two attached hydrogens (primary N) is 1. The SMILES string of the molecule is CCC(CC)(CN)C(=O)NCc1cc2c(cc1OC(F)F)OCO2.Cl. The summed E-state index contributed by atoms with van der Waals surface area (Å²) in [6, 6.07) is 2.87. The summed E-state index contributed by atoms with van der Waals surface area (Å²) in [5.41, 5.74) is 5.46. The Kier molecular flexibility index (Phi) is 7.69. The van der Waals surface area contributed by atoms with Crippen molar-refractivity contribution in [2.45, 2.75) is 39.8 Å². The van der Waals surface area contributed by atoms with Gasteiger partial charge in [-0.2, -0.15) is 8.78 Å². The minimum absolute atomic E-state index is 0. The van der Waals surface area contributed by atoms with Crippen LogP contribution in [0.5, 0.6) is 17.2 Å². The third-order valence-electron chi connectivity index (χ3n) is 4.44. The van der Waals surface area contributed by atoms with Gasteiger partial charge in [-0.15, -0.1) is 12.4 Å². The lowest BCUT2D eigenvalue weighted by molar-refractivity contribution is -0.131. The van der Waals surface area contributed by atoms with E-state index in [-0.39, 0.29) is 43.9 Å². The van der Waals surface area contributed by atoms with Gasteiger partial charge in [-0.3, -0.25) is 4.79 Å². The number of halogens is 3. The molecule has 1 aromatic carbocycles. The van der Waals surface area contributed by atoms with E-state index in [1.807, 2.05) is 13.8 Å². The minimum atomic E-state index is -2.98. The van der Waals surface area contributed by atoms with Gasteiger partial charge in [-0.05, 0) is 18.9 Å². The first-order valence-corrected chi connectivity index (χ1v) is 7.81. The Morgan fingerprint density at radius 3 is 2.44 bits per heavy atom. The zero-order valence-electron chi connectivity index (χ0n) is 14.1. The van der Waals surface area contributed by atoms with E-state index in [0.29, 0.717) is 29.9 Å². The molecule has 1 amide bonds. The van der Waals surface area contributed by atoms with Crippen LogP contribution < -0.4 is 25.3 Å². The number of ether oxygens (including phenoxy) is 3. The van der Waals surface area contributed by atoms with Crippen molar-refractivity contribution >= 4 is 18.3 Å². The van der Waals surface area contributed by atoms with Crippen LogP contribution in [0.3, 0.4) is 0 Å². The van der Waals surface area contributed by atoms with Crippen LogP contribution in [-0.4, -0.2) is 25.9 Å². The topological polar surface area (TPSA) is 82.8 Å². The molecule has 142 valence electrons. The molecule has 9 heteroatoms. The number of benzene rings is 1. The number of fused-ring (bicyclic) bond motifs is 1. The molecule has 2 rings (SSSR count). The third-order valence-corrected chi connectivity index (χ3v) is 4.44. The van der Waals surface area contributed by atoms with Gasteiger partial charge in [0.15, 0.2) is 11.5 Å². The largest absolute Gasteiger partial charge is 0.454 e. The van der Waals surface area contributed by atoms with Gasteiger partial charge in [0, 0.05) is 24.7 Å². The second-order valence-electron chi connectivity index (χ2n) is 5.57. The summed E-state index contributed by atoms with van der Waals surface area (Å²) in [4.78, 5) is 12.5. The average Bonchev–Trinajstić information content (AvgIpc) is 3.01. The van der Waals surface area contributed by atoms with Crippen LogP contribution in [0.25, 0.3) is 0 Å². The van der Waals surface area contributed by atoms with Crippen LogP contribution in [-0.2, 0) is 11.3 Å². The molecule has 25 heavy (non-hydrogen) atoms. The highest BCUT2D eigenvalue weighted by molar-refractivity contribution is 5.85. The van der Waals surface area contributed by atoms with E-state index in [4.69, 9.17) is 15.2 Å². The average molecular weight is 381 g/mol. The molecule has 1 aromatic rings. The van der Waals surface area contributed by atoms with Gasteiger partial charge in [0.25, 0.3) is 0 Å². The Labute approximate surface area is 151 Å². The summed E-state index contributed by atoms with van der Waals surface area (Å²) in [7, 11) is 0. The smallest absolute Gasteiger partial charge is 0.387 e. The molecule has 3 N–H and O–H groups in total. The van der Waals surface area contributed by atoms with Crippen molar-refractivity contribution in [2.24, 2.45) is 11.1 Å². The number of hydrogen-bond donors (Lipinski definition) is 2. The monoisotopic (exact) mass is 380 g/mol. The van der Waals surface area contributed by atoms with Crippen molar-refractivity contribution < 1.29 is 27.8 Å².